The first-order chi connectivity index (χ1) is 13.2. The minimum atomic E-state index is -0.0419. The van der Waals surface area contributed by atoms with Gasteiger partial charge in [-0.2, -0.15) is 0 Å². The Morgan fingerprint density at radius 3 is 2.96 bits per heavy atom. The second-order valence-electron chi connectivity index (χ2n) is 7.53. The number of ether oxygens (including phenoxy) is 2. The van der Waals surface area contributed by atoms with Crippen LogP contribution in [0.5, 0.6) is 11.5 Å². The van der Waals surface area contributed by atoms with Gasteiger partial charge in [-0.15, -0.1) is 11.3 Å². The molecule has 0 spiro atoms. The van der Waals surface area contributed by atoms with Crippen LogP contribution in [0.4, 0.5) is 5.82 Å². The third-order valence-electron chi connectivity index (χ3n) is 5.33. The Hall–Kier alpha value is -2.34. The number of anilines is 1. The van der Waals surface area contributed by atoms with Crippen LogP contribution in [0.3, 0.4) is 0 Å². The first kappa shape index (κ1) is 16.8. The molecule has 0 amide bonds. The van der Waals surface area contributed by atoms with Crippen LogP contribution in [0.1, 0.15) is 29.6 Å². The van der Waals surface area contributed by atoms with Gasteiger partial charge in [0.15, 0.2) is 11.5 Å². The van der Waals surface area contributed by atoms with Crippen molar-refractivity contribution in [2.45, 2.75) is 39.2 Å². The summed E-state index contributed by atoms with van der Waals surface area (Å²) in [6.45, 7) is 5.49. The molecule has 140 valence electrons. The number of nitrogens with zero attached hydrogens (tertiary/aromatic N) is 2. The molecule has 2 atom stereocenters. The Balaban J connectivity index is 1.41. The fourth-order valence-electron chi connectivity index (χ4n) is 3.95. The lowest BCUT2D eigenvalue weighted by molar-refractivity contribution is 0.0997. The van der Waals surface area contributed by atoms with Crippen molar-refractivity contribution in [1.82, 2.24) is 9.97 Å². The highest BCUT2D eigenvalue weighted by molar-refractivity contribution is 7.19. The number of hydrogen-bond acceptors (Lipinski definition) is 6. The highest BCUT2D eigenvalue weighted by Crippen LogP contribution is 2.40. The van der Waals surface area contributed by atoms with E-state index in [4.69, 9.17) is 19.4 Å². The smallest absolute Gasteiger partial charge is 0.161 e. The quantitative estimate of drug-likeness (QED) is 0.730. The molecule has 2 aromatic heterocycles. The van der Waals surface area contributed by atoms with Gasteiger partial charge in [0.05, 0.1) is 11.9 Å². The normalized spacial score (nSPS) is 21.1. The molecule has 1 N–H and O–H groups in total. The molecule has 5 nitrogen and oxygen atoms in total. The van der Waals surface area contributed by atoms with E-state index in [1.54, 1.807) is 0 Å². The lowest BCUT2D eigenvalue weighted by Crippen LogP contribution is -2.35. The molecule has 1 aromatic carbocycles. The van der Waals surface area contributed by atoms with Gasteiger partial charge in [0, 0.05) is 4.88 Å². The fourth-order valence-corrected chi connectivity index (χ4v) is 5.38. The fraction of sp³-hybridized carbons (Fsp3) is 0.429. The Morgan fingerprint density at radius 1 is 1.22 bits per heavy atom. The van der Waals surface area contributed by atoms with Gasteiger partial charge in [0.25, 0.3) is 0 Å². The van der Waals surface area contributed by atoms with E-state index in [9.17, 15) is 0 Å². The predicted octanol–water partition coefficient (Wildman–Crippen LogP) is 4.38. The van der Waals surface area contributed by atoms with E-state index in [1.807, 2.05) is 42.5 Å². The number of thiophene rings is 1. The third kappa shape index (κ3) is 3.12. The SMILES string of the molecule is Cc1nc(NC[C@H]2COc3ccccc3O2)c2c3c(sc2n1)C[C@@H](C)CC3. The molecule has 0 saturated heterocycles. The van der Waals surface area contributed by atoms with Crippen LogP contribution in [0.15, 0.2) is 24.3 Å². The van der Waals surface area contributed by atoms with Gasteiger partial charge in [0.1, 0.15) is 29.2 Å². The van der Waals surface area contributed by atoms with Crippen molar-refractivity contribution in [3.05, 3.63) is 40.5 Å². The summed E-state index contributed by atoms with van der Waals surface area (Å²) in [6.07, 6.45) is 3.47. The Bertz CT molecular complexity index is 1000. The van der Waals surface area contributed by atoms with Crippen LogP contribution in [0, 0.1) is 12.8 Å². The van der Waals surface area contributed by atoms with Crippen molar-refractivity contribution in [3.8, 4) is 11.5 Å². The summed E-state index contributed by atoms with van der Waals surface area (Å²) < 4.78 is 11.9. The van der Waals surface area contributed by atoms with E-state index in [0.29, 0.717) is 13.2 Å². The molecule has 3 aromatic rings. The molecule has 0 unspecified atom stereocenters. The third-order valence-corrected chi connectivity index (χ3v) is 6.48. The summed E-state index contributed by atoms with van der Waals surface area (Å²) >= 11 is 1.84. The zero-order chi connectivity index (χ0) is 18.4. The number of para-hydroxylation sites is 2. The number of hydrogen-bond donors (Lipinski definition) is 1. The Labute approximate surface area is 162 Å². The summed E-state index contributed by atoms with van der Waals surface area (Å²) in [4.78, 5) is 12.0. The minimum Gasteiger partial charge on any atom is -0.486 e. The zero-order valence-electron chi connectivity index (χ0n) is 15.6. The maximum absolute atomic E-state index is 6.08. The summed E-state index contributed by atoms with van der Waals surface area (Å²) in [7, 11) is 0. The van der Waals surface area contributed by atoms with Crippen molar-refractivity contribution in [1.29, 1.82) is 0 Å². The Kier molecular flexibility index (Phi) is 4.16. The molecule has 6 heteroatoms. The van der Waals surface area contributed by atoms with Crippen molar-refractivity contribution >= 4 is 27.4 Å². The highest BCUT2D eigenvalue weighted by Gasteiger charge is 2.25. The van der Waals surface area contributed by atoms with Gasteiger partial charge in [-0.3, -0.25) is 0 Å². The average molecular weight is 382 g/mol. The van der Waals surface area contributed by atoms with Gasteiger partial charge in [0.2, 0.25) is 0 Å². The standard InChI is InChI=1S/C21H23N3O2S/c1-12-7-8-15-18(9-12)27-21-19(15)20(23-13(2)24-21)22-10-14-11-25-16-5-3-4-6-17(16)26-14/h3-6,12,14H,7-11H2,1-2H3,(H,22,23,24)/t12-,14-/m0/s1. The molecular weight excluding hydrogens is 358 g/mol. The second kappa shape index (κ2) is 6.68. The number of aryl methyl sites for hydroxylation is 2. The van der Waals surface area contributed by atoms with Gasteiger partial charge in [-0.05, 0) is 49.8 Å². The molecular formula is C21H23N3O2S. The van der Waals surface area contributed by atoms with Crippen LogP contribution in [0.2, 0.25) is 0 Å². The molecule has 1 aliphatic heterocycles. The maximum Gasteiger partial charge on any atom is 0.161 e. The lowest BCUT2D eigenvalue weighted by Gasteiger charge is -2.27. The topological polar surface area (TPSA) is 56.3 Å². The molecule has 3 heterocycles. The van der Waals surface area contributed by atoms with E-state index < -0.39 is 0 Å². The van der Waals surface area contributed by atoms with Gasteiger partial charge in [-0.1, -0.05) is 19.1 Å². The Morgan fingerprint density at radius 2 is 2.07 bits per heavy atom. The molecule has 0 fully saturated rings. The van der Waals surface area contributed by atoms with Crippen molar-refractivity contribution in [2.24, 2.45) is 5.92 Å². The van der Waals surface area contributed by atoms with Crippen LogP contribution in [-0.2, 0) is 12.8 Å². The first-order valence-electron chi connectivity index (χ1n) is 9.58. The molecule has 0 radical (unpaired) electrons. The molecule has 2 aliphatic rings. The molecule has 0 bridgehead atoms. The van der Waals surface area contributed by atoms with Crippen molar-refractivity contribution < 1.29 is 9.47 Å². The molecule has 1 aliphatic carbocycles. The summed E-state index contributed by atoms with van der Waals surface area (Å²) in [5.74, 6) is 4.12. The summed E-state index contributed by atoms with van der Waals surface area (Å²) in [5, 5.41) is 4.74. The van der Waals surface area contributed by atoms with E-state index in [0.717, 1.165) is 46.7 Å². The number of fused-ring (bicyclic) bond motifs is 4. The molecule has 5 rings (SSSR count). The second-order valence-corrected chi connectivity index (χ2v) is 8.61. The average Bonchev–Trinajstić information content (AvgIpc) is 3.02. The van der Waals surface area contributed by atoms with Gasteiger partial charge in [-0.25, -0.2) is 9.97 Å². The van der Waals surface area contributed by atoms with E-state index in [2.05, 4.69) is 12.2 Å². The monoisotopic (exact) mass is 381 g/mol. The number of benzene rings is 1. The van der Waals surface area contributed by atoms with Crippen LogP contribution < -0.4 is 14.8 Å². The number of rotatable bonds is 3. The summed E-state index contributed by atoms with van der Waals surface area (Å²) in [6, 6.07) is 7.82. The van der Waals surface area contributed by atoms with Crippen molar-refractivity contribution in [2.75, 3.05) is 18.5 Å². The highest BCUT2D eigenvalue weighted by atomic mass is 32.1. The summed E-state index contributed by atoms with van der Waals surface area (Å²) in [5.41, 5.74) is 1.45. The minimum absolute atomic E-state index is 0.0419. The number of nitrogens with one attached hydrogen (secondary N) is 1. The molecule has 27 heavy (non-hydrogen) atoms. The van der Waals surface area contributed by atoms with Crippen molar-refractivity contribution in [3.63, 3.8) is 0 Å². The van der Waals surface area contributed by atoms with Crippen LogP contribution in [0.25, 0.3) is 10.2 Å². The first-order valence-corrected chi connectivity index (χ1v) is 10.4. The number of aromatic nitrogens is 2. The van der Waals surface area contributed by atoms with Gasteiger partial charge < -0.3 is 14.8 Å². The predicted molar refractivity (Wildman–Crippen MR) is 108 cm³/mol. The van der Waals surface area contributed by atoms with Gasteiger partial charge >= 0.3 is 0 Å². The zero-order valence-corrected chi connectivity index (χ0v) is 16.4. The van der Waals surface area contributed by atoms with E-state index in [-0.39, 0.29) is 6.10 Å². The van der Waals surface area contributed by atoms with Crippen LogP contribution in [-0.4, -0.2) is 29.2 Å². The van der Waals surface area contributed by atoms with E-state index >= 15 is 0 Å². The largest absolute Gasteiger partial charge is 0.486 e. The van der Waals surface area contributed by atoms with E-state index in [1.165, 1.54) is 22.2 Å². The molecule has 0 saturated carbocycles. The maximum atomic E-state index is 6.08. The lowest BCUT2D eigenvalue weighted by atomic mass is 9.89. The van der Waals surface area contributed by atoms with Crippen LogP contribution >= 0.6 is 11.3 Å².